The second-order valence-corrected chi connectivity index (χ2v) is 4.99. The number of benzene rings is 1. The summed E-state index contributed by atoms with van der Waals surface area (Å²) >= 11 is 5.74. The predicted molar refractivity (Wildman–Crippen MR) is 87.3 cm³/mol. The van der Waals surface area contributed by atoms with Crippen molar-refractivity contribution in [2.24, 2.45) is 0 Å². The molecule has 0 aliphatic carbocycles. The average Bonchev–Trinajstić information content (AvgIpc) is 2.58. The third-order valence-corrected chi connectivity index (χ3v) is 3.05. The molecule has 0 amide bonds. The molecule has 24 heavy (non-hydrogen) atoms. The van der Waals surface area contributed by atoms with Crippen molar-refractivity contribution in [3.8, 4) is 5.75 Å². The summed E-state index contributed by atoms with van der Waals surface area (Å²) in [5, 5.41) is 14.0. The van der Waals surface area contributed by atoms with Crippen LogP contribution in [0.1, 0.15) is 0 Å². The summed E-state index contributed by atoms with van der Waals surface area (Å²) in [6.07, 6.45) is 1.15. The first kappa shape index (κ1) is 17.5. The van der Waals surface area contributed by atoms with Crippen LogP contribution in [-0.4, -0.2) is 35.6 Å². The summed E-state index contributed by atoms with van der Waals surface area (Å²) in [7, 11) is 0. The van der Waals surface area contributed by atoms with Crippen LogP contribution in [0.4, 0.5) is 11.5 Å². The highest BCUT2D eigenvalue weighted by molar-refractivity contribution is 6.30. The summed E-state index contributed by atoms with van der Waals surface area (Å²) in [5.41, 5.74) is -0.0914. The minimum atomic E-state index is -0.529. The summed E-state index contributed by atoms with van der Waals surface area (Å²) in [4.78, 5) is 25.4. The van der Waals surface area contributed by atoms with Crippen molar-refractivity contribution >= 4 is 29.1 Å². The smallest absolute Gasteiger partial charge is 0.344 e. The lowest BCUT2D eigenvalue weighted by Crippen LogP contribution is -2.19. The van der Waals surface area contributed by atoms with Crippen molar-refractivity contribution in [3.05, 3.63) is 57.7 Å². The number of nitro groups is 1. The van der Waals surface area contributed by atoms with Gasteiger partial charge in [-0.15, -0.1) is 0 Å². The molecule has 1 aromatic heterocycles. The molecule has 0 atom stereocenters. The molecule has 0 radical (unpaired) electrons. The van der Waals surface area contributed by atoms with Crippen LogP contribution in [0, 0.1) is 10.1 Å². The molecule has 1 aromatic carbocycles. The molecule has 126 valence electrons. The fourth-order valence-electron chi connectivity index (χ4n) is 1.66. The van der Waals surface area contributed by atoms with Crippen LogP contribution in [0.5, 0.6) is 5.75 Å². The SMILES string of the molecule is O=C(COc1ccc(Cl)cc1)OCCNc1ccc([N+](=O)[O-])cn1. The van der Waals surface area contributed by atoms with Crippen LogP contribution in [0.2, 0.25) is 5.02 Å². The summed E-state index contributed by atoms with van der Waals surface area (Å²) in [6.45, 7) is 0.219. The fourth-order valence-corrected chi connectivity index (χ4v) is 1.78. The van der Waals surface area contributed by atoms with E-state index >= 15 is 0 Å². The highest BCUT2D eigenvalue weighted by Gasteiger charge is 2.06. The molecule has 2 aromatic rings. The predicted octanol–water partition coefficient (Wildman–Crippen LogP) is 2.68. The number of nitrogens with zero attached hydrogens (tertiary/aromatic N) is 2. The zero-order valence-electron chi connectivity index (χ0n) is 12.5. The molecule has 1 heterocycles. The maximum Gasteiger partial charge on any atom is 0.344 e. The molecule has 0 saturated heterocycles. The van der Waals surface area contributed by atoms with Gasteiger partial charge in [-0.1, -0.05) is 11.6 Å². The van der Waals surface area contributed by atoms with Crippen LogP contribution < -0.4 is 10.1 Å². The molecule has 1 N–H and O–H groups in total. The standard InChI is InChI=1S/C15H14ClN3O5/c16-11-1-4-13(5-2-11)24-10-15(20)23-8-7-17-14-6-3-12(9-18-14)19(21)22/h1-6,9H,7-8,10H2,(H,17,18). The normalized spacial score (nSPS) is 10.0. The number of carbonyl (C=O) groups excluding carboxylic acids is 1. The number of carbonyl (C=O) groups is 1. The number of anilines is 1. The van der Waals surface area contributed by atoms with Gasteiger partial charge in [-0.3, -0.25) is 10.1 Å². The van der Waals surface area contributed by atoms with Crippen molar-refractivity contribution in [2.75, 3.05) is 25.1 Å². The van der Waals surface area contributed by atoms with Gasteiger partial charge in [-0.2, -0.15) is 0 Å². The number of hydrogen-bond donors (Lipinski definition) is 1. The van der Waals surface area contributed by atoms with Gasteiger partial charge < -0.3 is 14.8 Å². The molecular weight excluding hydrogens is 338 g/mol. The Balaban J connectivity index is 1.63. The molecule has 0 spiro atoms. The first-order chi connectivity index (χ1) is 11.5. The van der Waals surface area contributed by atoms with Crippen LogP contribution >= 0.6 is 11.6 Å². The van der Waals surface area contributed by atoms with E-state index in [4.69, 9.17) is 21.1 Å². The maximum absolute atomic E-state index is 11.5. The third-order valence-electron chi connectivity index (χ3n) is 2.80. The minimum absolute atomic E-state index is 0.0914. The highest BCUT2D eigenvalue weighted by Crippen LogP contribution is 2.15. The maximum atomic E-state index is 11.5. The van der Waals surface area contributed by atoms with Gasteiger partial charge in [0.2, 0.25) is 0 Å². The van der Waals surface area contributed by atoms with Crippen molar-refractivity contribution in [3.63, 3.8) is 0 Å². The molecule has 0 aliphatic heterocycles. The van der Waals surface area contributed by atoms with Gasteiger partial charge in [0, 0.05) is 11.1 Å². The van der Waals surface area contributed by atoms with E-state index in [1.165, 1.54) is 12.1 Å². The van der Waals surface area contributed by atoms with E-state index in [0.717, 1.165) is 6.20 Å². The minimum Gasteiger partial charge on any atom is -0.482 e. The van der Waals surface area contributed by atoms with Crippen molar-refractivity contribution < 1.29 is 19.2 Å². The summed E-state index contributed by atoms with van der Waals surface area (Å²) in [5.74, 6) is 0.460. The van der Waals surface area contributed by atoms with Crippen LogP contribution in [0.15, 0.2) is 42.6 Å². The first-order valence-electron chi connectivity index (χ1n) is 6.93. The number of hydrogen-bond acceptors (Lipinski definition) is 7. The quantitative estimate of drug-likeness (QED) is 0.337. The van der Waals surface area contributed by atoms with Gasteiger partial charge in [0.25, 0.3) is 5.69 Å². The number of nitrogens with one attached hydrogen (secondary N) is 1. The average molecular weight is 352 g/mol. The summed E-state index contributed by atoms with van der Waals surface area (Å²) < 4.78 is 10.2. The lowest BCUT2D eigenvalue weighted by atomic mass is 10.3. The Kier molecular flexibility index (Phi) is 6.32. The van der Waals surface area contributed by atoms with E-state index in [1.807, 2.05) is 0 Å². The van der Waals surface area contributed by atoms with Gasteiger partial charge in [0.15, 0.2) is 6.61 Å². The van der Waals surface area contributed by atoms with E-state index in [1.54, 1.807) is 24.3 Å². The molecule has 2 rings (SSSR count). The second-order valence-electron chi connectivity index (χ2n) is 4.55. The Morgan fingerprint density at radius 2 is 2.00 bits per heavy atom. The molecule has 0 saturated carbocycles. The van der Waals surface area contributed by atoms with Gasteiger partial charge in [-0.25, -0.2) is 9.78 Å². The Morgan fingerprint density at radius 1 is 1.25 bits per heavy atom. The lowest BCUT2D eigenvalue weighted by molar-refractivity contribution is -0.385. The van der Waals surface area contributed by atoms with Gasteiger partial charge in [-0.05, 0) is 30.3 Å². The third kappa shape index (κ3) is 5.73. The molecule has 0 aliphatic rings. The zero-order chi connectivity index (χ0) is 17.4. The van der Waals surface area contributed by atoms with E-state index in [2.05, 4.69) is 10.3 Å². The Bertz CT molecular complexity index is 691. The van der Waals surface area contributed by atoms with Gasteiger partial charge >= 0.3 is 5.97 Å². The highest BCUT2D eigenvalue weighted by atomic mass is 35.5. The van der Waals surface area contributed by atoms with E-state index < -0.39 is 10.9 Å². The van der Waals surface area contributed by atoms with Crippen LogP contribution in [0.25, 0.3) is 0 Å². The van der Waals surface area contributed by atoms with Crippen LogP contribution in [-0.2, 0) is 9.53 Å². The monoisotopic (exact) mass is 351 g/mol. The fraction of sp³-hybridized carbons (Fsp3) is 0.200. The van der Waals surface area contributed by atoms with E-state index in [9.17, 15) is 14.9 Å². The molecule has 0 unspecified atom stereocenters. The lowest BCUT2D eigenvalue weighted by Gasteiger charge is -2.08. The Labute approximate surface area is 142 Å². The number of rotatable bonds is 8. The number of ether oxygens (including phenoxy) is 2. The topological polar surface area (TPSA) is 104 Å². The number of esters is 1. The Hall–Kier alpha value is -2.87. The number of halogens is 1. The zero-order valence-corrected chi connectivity index (χ0v) is 13.2. The molecule has 0 fully saturated rings. The van der Waals surface area contributed by atoms with Gasteiger partial charge in [0.05, 0.1) is 11.5 Å². The number of pyridine rings is 1. The first-order valence-corrected chi connectivity index (χ1v) is 7.31. The van der Waals surface area contributed by atoms with Crippen molar-refractivity contribution in [1.82, 2.24) is 4.98 Å². The molecular formula is C15H14ClN3O5. The molecule has 9 heteroatoms. The summed E-state index contributed by atoms with van der Waals surface area (Å²) in [6, 6.07) is 9.42. The second kappa shape index (κ2) is 8.68. The van der Waals surface area contributed by atoms with E-state index in [0.29, 0.717) is 23.1 Å². The van der Waals surface area contributed by atoms with Crippen molar-refractivity contribution in [2.45, 2.75) is 0 Å². The number of aromatic nitrogens is 1. The van der Waals surface area contributed by atoms with Crippen molar-refractivity contribution in [1.29, 1.82) is 0 Å². The largest absolute Gasteiger partial charge is 0.482 e. The Morgan fingerprint density at radius 3 is 2.62 bits per heavy atom. The molecule has 0 bridgehead atoms. The molecule has 8 nitrogen and oxygen atoms in total. The van der Waals surface area contributed by atoms with Gasteiger partial charge in [0.1, 0.15) is 24.4 Å². The van der Waals surface area contributed by atoms with Crippen LogP contribution in [0.3, 0.4) is 0 Å². The van der Waals surface area contributed by atoms with E-state index in [-0.39, 0.29) is 18.9 Å².